The maximum Gasteiger partial charge on any atom is 0.157 e. The lowest BCUT2D eigenvalue weighted by Crippen LogP contribution is -2.25. The number of hydrogen-bond donors (Lipinski definition) is 3. The third kappa shape index (κ3) is 4.82. The van der Waals surface area contributed by atoms with Gasteiger partial charge in [0.15, 0.2) is 9.84 Å². The molecular weight excluding hydrogens is 242 g/mol. The molecule has 1 atom stereocenters. The van der Waals surface area contributed by atoms with Crippen molar-refractivity contribution in [2.45, 2.75) is 18.4 Å². The zero-order valence-corrected chi connectivity index (χ0v) is 10.2. The number of rotatable bonds is 6. The molecule has 0 aliphatic rings. The lowest BCUT2D eigenvalue weighted by molar-refractivity contribution is 0.112. The van der Waals surface area contributed by atoms with Crippen molar-refractivity contribution >= 4 is 9.84 Å². The Kier molecular flexibility index (Phi) is 5.07. The van der Waals surface area contributed by atoms with E-state index in [1.807, 2.05) is 0 Å². The normalized spacial score (nSPS) is 13.6. The first-order valence-electron chi connectivity index (χ1n) is 5.24. The van der Waals surface area contributed by atoms with Crippen molar-refractivity contribution in [1.82, 2.24) is 0 Å². The van der Waals surface area contributed by atoms with Crippen LogP contribution in [0.4, 0.5) is 0 Å². The Hall–Kier alpha value is -0.950. The molecule has 0 fully saturated rings. The van der Waals surface area contributed by atoms with E-state index in [0.717, 1.165) is 5.56 Å². The SMILES string of the molecule is NCc1ccc(CS(=O)(=O)CC(O)CO)cc1. The van der Waals surface area contributed by atoms with Crippen molar-refractivity contribution in [1.29, 1.82) is 0 Å². The van der Waals surface area contributed by atoms with Gasteiger partial charge in [-0.3, -0.25) is 0 Å². The van der Waals surface area contributed by atoms with E-state index < -0.39 is 28.3 Å². The quantitative estimate of drug-likeness (QED) is 0.634. The Balaban J connectivity index is 2.69. The van der Waals surface area contributed by atoms with Crippen LogP contribution in [0.5, 0.6) is 0 Å². The highest BCUT2D eigenvalue weighted by atomic mass is 32.2. The Labute approximate surface area is 101 Å². The molecule has 0 amide bonds. The van der Waals surface area contributed by atoms with Gasteiger partial charge in [-0.05, 0) is 11.1 Å². The number of hydrogen-bond acceptors (Lipinski definition) is 5. The molecule has 1 rings (SSSR count). The first-order chi connectivity index (χ1) is 7.96. The van der Waals surface area contributed by atoms with E-state index in [2.05, 4.69) is 0 Å². The predicted molar refractivity (Wildman–Crippen MR) is 64.9 cm³/mol. The van der Waals surface area contributed by atoms with Crippen LogP contribution < -0.4 is 5.73 Å². The molecule has 0 bridgehead atoms. The molecule has 0 saturated heterocycles. The van der Waals surface area contributed by atoms with Gasteiger partial charge in [-0.2, -0.15) is 0 Å². The highest BCUT2D eigenvalue weighted by molar-refractivity contribution is 7.90. The van der Waals surface area contributed by atoms with E-state index in [0.29, 0.717) is 12.1 Å². The van der Waals surface area contributed by atoms with E-state index in [4.69, 9.17) is 15.9 Å². The molecule has 0 spiro atoms. The minimum absolute atomic E-state index is 0.144. The second kappa shape index (κ2) is 6.11. The van der Waals surface area contributed by atoms with E-state index in [1.165, 1.54) is 0 Å². The summed E-state index contributed by atoms with van der Waals surface area (Å²) in [6, 6.07) is 6.94. The summed E-state index contributed by atoms with van der Waals surface area (Å²) >= 11 is 0. The Morgan fingerprint density at radius 2 is 1.71 bits per heavy atom. The highest BCUT2D eigenvalue weighted by Crippen LogP contribution is 2.09. The van der Waals surface area contributed by atoms with Crippen molar-refractivity contribution in [3.05, 3.63) is 35.4 Å². The summed E-state index contributed by atoms with van der Waals surface area (Å²) in [7, 11) is -3.41. The van der Waals surface area contributed by atoms with Gasteiger partial charge in [-0.15, -0.1) is 0 Å². The molecule has 0 aliphatic heterocycles. The molecule has 0 aromatic heterocycles. The lowest BCUT2D eigenvalue weighted by Gasteiger charge is -2.08. The van der Waals surface area contributed by atoms with Gasteiger partial charge in [-0.25, -0.2) is 8.42 Å². The Bertz CT molecular complexity index is 441. The summed E-state index contributed by atoms with van der Waals surface area (Å²) in [6.07, 6.45) is -1.22. The molecule has 6 heteroatoms. The van der Waals surface area contributed by atoms with Crippen LogP contribution in [0.1, 0.15) is 11.1 Å². The minimum Gasteiger partial charge on any atom is -0.394 e. The summed E-state index contributed by atoms with van der Waals surface area (Å²) in [5, 5.41) is 17.7. The van der Waals surface area contributed by atoms with Gasteiger partial charge < -0.3 is 15.9 Å². The zero-order valence-electron chi connectivity index (χ0n) is 9.41. The summed E-state index contributed by atoms with van der Waals surface area (Å²) in [6.45, 7) is -0.137. The zero-order chi connectivity index (χ0) is 12.9. The van der Waals surface area contributed by atoms with Crippen molar-refractivity contribution < 1.29 is 18.6 Å². The van der Waals surface area contributed by atoms with Gasteiger partial charge in [0, 0.05) is 6.54 Å². The van der Waals surface area contributed by atoms with Gasteiger partial charge >= 0.3 is 0 Å². The second-order valence-electron chi connectivity index (χ2n) is 3.91. The van der Waals surface area contributed by atoms with Crippen LogP contribution in [0.3, 0.4) is 0 Å². The van der Waals surface area contributed by atoms with Gasteiger partial charge in [0.25, 0.3) is 0 Å². The molecule has 0 saturated carbocycles. The molecule has 0 heterocycles. The maximum absolute atomic E-state index is 11.6. The first kappa shape index (κ1) is 14.1. The number of aliphatic hydroxyl groups is 2. The fourth-order valence-corrected chi connectivity index (χ4v) is 2.94. The molecule has 1 aromatic rings. The van der Waals surface area contributed by atoms with Gasteiger partial charge in [-0.1, -0.05) is 24.3 Å². The number of aliphatic hydroxyl groups excluding tert-OH is 2. The van der Waals surface area contributed by atoms with Gasteiger partial charge in [0.05, 0.1) is 24.2 Å². The molecule has 1 aromatic carbocycles. The fraction of sp³-hybridized carbons (Fsp3) is 0.455. The predicted octanol–water partition coefficient (Wildman–Crippen LogP) is -0.587. The number of sulfone groups is 1. The molecule has 0 aliphatic carbocycles. The van der Waals surface area contributed by atoms with E-state index in [-0.39, 0.29) is 5.75 Å². The summed E-state index contributed by atoms with van der Waals surface area (Å²) in [5.41, 5.74) is 7.01. The summed E-state index contributed by atoms with van der Waals surface area (Å²) in [5.74, 6) is -0.572. The van der Waals surface area contributed by atoms with E-state index in [9.17, 15) is 8.42 Å². The van der Waals surface area contributed by atoms with Crippen LogP contribution in [0.15, 0.2) is 24.3 Å². The third-order valence-corrected chi connectivity index (χ3v) is 3.97. The summed E-state index contributed by atoms with van der Waals surface area (Å²) < 4.78 is 23.3. The van der Waals surface area contributed by atoms with Crippen LogP contribution in [0.25, 0.3) is 0 Å². The number of benzene rings is 1. The standard InChI is InChI=1S/C11H17NO4S/c12-5-9-1-3-10(4-2-9)7-17(15,16)8-11(14)6-13/h1-4,11,13-14H,5-8,12H2. The van der Waals surface area contributed by atoms with Crippen LogP contribution in [-0.2, 0) is 22.1 Å². The van der Waals surface area contributed by atoms with Gasteiger partial charge in [0.1, 0.15) is 0 Å². The molecular formula is C11H17NO4S. The topological polar surface area (TPSA) is 101 Å². The Morgan fingerprint density at radius 1 is 1.18 bits per heavy atom. The Morgan fingerprint density at radius 3 is 2.18 bits per heavy atom. The molecule has 17 heavy (non-hydrogen) atoms. The van der Waals surface area contributed by atoms with Crippen molar-refractivity contribution in [3.8, 4) is 0 Å². The van der Waals surface area contributed by atoms with Crippen LogP contribution >= 0.6 is 0 Å². The van der Waals surface area contributed by atoms with Crippen LogP contribution in [-0.4, -0.2) is 37.1 Å². The van der Waals surface area contributed by atoms with Crippen molar-refractivity contribution in [2.24, 2.45) is 5.73 Å². The monoisotopic (exact) mass is 259 g/mol. The molecule has 4 N–H and O–H groups in total. The minimum atomic E-state index is -3.41. The first-order valence-corrected chi connectivity index (χ1v) is 7.06. The molecule has 5 nitrogen and oxygen atoms in total. The van der Waals surface area contributed by atoms with Crippen molar-refractivity contribution in [2.75, 3.05) is 12.4 Å². The van der Waals surface area contributed by atoms with E-state index >= 15 is 0 Å². The third-order valence-electron chi connectivity index (χ3n) is 2.30. The second-order valence-corrected chi connectivity index (χ2v) is 6.02. The van der Waals surface area contributed by atoms with Crippen LogP contribution in [0, 0.1) is 0 Å². The highest BCUT2D eigenvalue weighted by Gasteiger charge is 2.17. The van der Waals surface area contributed by atoms with E-state index in [1.54, 1.807) is 24.3 Å². The fourth-order valence-electron chi connectivity index (χ4n) is 1.43. The average molecular weight is 259 g/mol. The van der Waals surface area contributed by atoms with Crippen molar-refractivity contribution in [3.63, 3.8) is 0 Å². The molecule has 1 unspecified atom stereocenters. The molecule has 96 valence electrons. The van der Waals surface area contributed by atoms with Crippen LogP contribution in [0.2, 0.25) is 0 Å². The smallest absolute Gasteiger partial charge is 0.157 e. The number of nitrogens with two attached hydrogens (primary N) is 1. The largest absolute Gasteiger partial charge is 0.394 e. The molecule has 0 radical (unpaired) electrons. The lowest BCUT2D eigenvalue weighted by atomic mass is 10.1. The maximum atomic E-state index is 11.6. The average Bonchev–Trinajstić information content (AvgIpc) is 2.28. The van der Waals surface area contributed by atoms with Gasteiger partial charge in [0.2, 0.25) is 0 Å². The summed E-state index contributed by atoms with van der Waals surface area (Å²) in [4.78, 5) is 0.